The molecular weight excluding hydrogens is 451 g/mol. The maximum Gasteiger partial charge on any atom is 0.191 e. The Morgan fingerprint density at radius 3 is 2.56 bits per heavy atom. The van der Waals surface area contributed by atoms with Crippen molar-refractivity contribution >= 4 is 40.7 Å². The van der Waals surface area contributed by atoms with Crippen LogP contribution in [0.1, 0.15) is 36.8 Å². The minimum absolute atomic E-state index is 0. The Morgan fingerprint density at radius 2 is 1.85 bits per heavy atom. The maximum absolute atomic E-state index is 5.34. The highest BCUT2D eigenvalue weighted by Gasteiger charge is 2.08. The Kier molecular flexibility index (Phi) is 8.09. The molecule has 3 aromatic rings. The number of rotatable bonds is 6. The molecule has 0 aliphatic carbocycles. The van der Waals surface area contributed by atoms with Crippen LogP contribution in [0, 0.1) is 0 Å². The van der Waals surface area contributed by atoms with Gasteiger partial charge in [-0.1, -0.05) is 61.5 Å². The number of aliphatic imine (C=N–C) groups is 1. The van der Waals surface area contributed by atoms with Crippen molar-refractivity contribution in [1.82, 2.24) is 15.8 Å². The summed E-state index contributed by atoms with van der Waals surface area (Å²) in [6.07, 6.45) is 0.936. The first-order valence-electron chi connectivity index (χ1n) is 9.03. The van der Waals surface area contributed by atoms with Gasteiger partial charge in [-0.3, -0.25) is 4.99 Å². The summed E-state index contributed by atoms with van der Waals surface area (Å²) in [5.41, 5.74) is 2.28. The van der Waals surface area contributed by atoms with Gasteiger partial charge in [-0.15, -0.1) is 24.0 Å². The lowest BCUT2D eigenvalue weighted by molar-refractivity contribution is 0.372. The topological polar surface area (TPSA) is 62.5 Å². The quantitative estimate of drug-likeness (QED) is 0.312. The Bertz CT molecular complexity index is 889. The SMILES string of the molecule is CN=C(NCCc1ccc2ccccc2c1)NCc1cc(C(C)C)no1.I. The summed E-state index contributed by atoms with van der Waals surface area (Å²) < 4.78 is 5.34. The maximum atomic E-state index is 5.34. The number of benzene rings is 2. The van der Waals surface area contributed by atoms with E-state index >= 15 is 0 Å². The number of guanidine groups is 1. The minimum Gasteiger partial charge on any atom is -0.359 e. The summed E-state index contributed by atoms with van der Waals surface area (Å²) in [6, 6.07) is 17.0. The summed E-state index contributed by atoms with van der Waals surface area (Å²) in [7, 11) is 1.77. The minimum atomic E-state index is 0. The highest BCUT2D eigenvalue weighted by Crippen LogP contribution is 2.16. The highest BCUT2D eigenvalue weighted by atomic mass is 127. The van der Waals surface area contributed by atoms with Crippen molar-refractivity contribution in [3.63, 3.8) is 0 Å². The molecule has 27 heavy (non-hydrogen) atoms. The molecule has 1 aromatic heterocycles. The van der Waals surface area contributed by atoms with E-state index in [-0.39, 0.29) is 24.0 Å². The summed E-state index contributed by atoms with van der Waals surface area (Å²) >= 11 is 0. The third-order valence-electron chi connectivity index (χ3n) is 4.34. The lowest BCUT2D eigenvalue weighted by Crippen LogP contribution is -2.37. The second-order valence-corrected chi connectivity index (χ2v) is 6.66. The van der Waals surface area contributed by atoms with Gasteiger partial charge in [-0.25, -0.2) is 0 Å². The molecule has 0 unspecified atom stereocenters. The lowest BCUT2D eigenvalue weighted by atomic mass is 10.1. The van der Waals surface area contributed by atoms with E-state index in [0.717, 1.165) is 30.4 Å². The number of fused-ring (bicyclic) bond motifs is 1. The monoisotopic (exact) mass is 478 g/mol. The summed E-state index contributed by atoms with van der Waals surface area (Å²) in [5.74, 6) is 1.94. The summed E-state index contributed by atoms with van der Waals surface area (Å²) in [6.45, 7) is 5.58. The van der Waals surface area contributed by atoms with Crippen LogP contribution in [0.5, 0.6) is 0 Å². The van der Waals surface area contributed by atoms with E-state index in [9.17, 15) is 0 Å². The lowest BCUT2D eigenvalue weighted by Gasteiger charge is -2.11. The van der Waals surface area contributed by atoms with Crippen molar-refractivity contribution in [3.8, 4) is 0 Å². The predicted molar refractivity (Wildman–Crippen MR) is 122 cm³/mol. The fraction of sp³-hybridized carbons (Fsp3) is 0.333. The van der Waals surface area contributed by atoms with Crippen LogP contribution in [-0.4, -0.2) is 24.7 Å². The largest absolute Gasteiger partial charge is 0.359 e. The molecule has 144 valence electrons. The van der Waals surface area contributed by atoms with Crippen LogP contribution in [0.2, 0.25) is 0 Å². The molecule has 5 nitrogen and oxygen atoms in total. The van der Waals surface area contributed by atoms with E-state index < -0.39 is 0 Å². The van der Waals surface area contributed by atoms with Gasteiger partial charge in [0, 0.05) is 19.7 Å². The van der Waals surface area contributed by atoms with Gasteiger partial charge in [0.15, 0.2) is 11.7 Å². The van der Waals surface area contributed by atoms with Gasteiger partial charge in [0.25, 0.3) is 0 Å². The zero-order chi connectivity index (χ0) is 18.4. The molecule has 2 aromatic carbocycles. The van der Waals surface area contributed by atoms with Gasteiger partial charge in [0.05, 0.1) is 12.2 Å². The number of hydrogen-bond acceptors (Lipinski definition) is 3. The summed E-state index contributed by atoms with van der Waals surface area (Å²) in [4.78, 5) is 4.26. The first-order valence-corrected chi connectivity index (χ1v) is 9.03. The molecule has 1 heterocycles. The number of halogens is 1. The molecule has 0 spiro atoms. The Morgan fingerprint density at radius 1 is 1.07 bits per heavy atom. The Balaban J connectivity index is 0.00000261. The molecule has 0 radical (unpaired) electrons. The van der Waals surface area contributed by atoms with E-state index in [4.69, 9.17) is 4.52 Å². The average molecular weight is 478 g/mol. The van der Waals surface area contributed by atoms with Crippen LogP contribution in [0.4, 0.5) is 0 Å². The summed E-state index contributed by atoms with van der Waals surface area (Å²) in [5, 5.41) is 13.2. The number of nitrogens with one attached hydrogen (secondary N) is 2. The Labute approximate surface area is 177 Å². The first-order chi connectivity index (χ1) is 12.7. The van der Waals surface area contributed by atoms with E-state index in [1.165, 1.54) is 16.3 Å². The highest BCUT2D eigenvalue weighted by molar-refractivity contribution is 14.0. The molecule has 0 saturated carbocycles. The number of aromatic nitrogens is 1. The molecule has 0 amide bonds. The van der Waals surface area contributed by atoms with Crippen LogP contribution in [-0.2, 0) is 13.0 Å². The van der Waals surface area contributed by atoms with Crippen LogP contribution >= 0.6 is 24.0 Å². The van der Waals surface area contributed by atoms with Crippen molar-refractivity contribution in [2.45, 2.75) is 32.7 Å². The van der Waals surface area contributed by atoms with Gasteiger partial charge in [0.2, 0.25) is 0 Å². The van der Waals surface area contributed by atoms with Crippen molar-refractivity contribution < 1.29 is 4.52 Å². The van der Waals surface area contributed by atoms with Crippen molar-refractivity contribution in [1.29, 1.82) is 0 Å². The van der Waals surface area contributed by atoms with Crippen molar-refractivity contribution in [2.24, 2.45) is 4.99 Å². The van der Waals surface area contributed by atoms with E-state index in [0.29, 0.717) is 12.5 Å². The molecule has 2 N–H and O–H groups in total. The molecule has 0 fully saturated rings. The zero-order valence-corrected chi connectivity index (χ0v) is 18.4. The standard InChI is InChI=1S/C21H26N4O.HI/c1-15(2)20-13-19(26-25-20)14-24-21(22-3)23-11-10-16-8-9-17-6-4-5-7-18(17)12-16;/h4-9,12-13,15H,10-11,14H2,1-3H3,(H2,22,23,24);1H. The van der Waals surface area contributed by atoms with Gasteiger partial charge in [-0.2, -0.15) is 0 Å². The molecule has 3 rings (SSSR count). The van der Waals surface area contributed by atoms with Gasteiger partial charge in [0.1, 0.15) is 0 Å². The first kappa shape index (κ1) is 21.2. The van der Waals surface area contributed by atoms with E-state index in [2.05, 4.69) is 77.1 Å². The second-order valence-electron chi connectivity index (χ2n) is 6.66. The van der Waals surface area contributed by atoms with Crippen molar-refractivity contribution in [3.05, 3.63) is 65.5 Å². The molecule has 0 saturated heterocycles. The second kappa shape index (κ2) is 10.3. The van der Waals surface area contributed by atoms with E-state index in [1.54, 1.807) is 7.05 Å². The molecule has 0 bridgehead atoms. The molecule has 0 atom stereocenters. The van der Waals surface area contributed by atoms with Crippen LogP contribution in [0.25, 0.3) is 10.8 Å². The van der Waals surface area contributed by atoms with Crippen LogP contribution < -0.4 is 10.6 Å². The third kappa shape index (κ3) is 5.95. The smallest absolute Gasteiger partial charge is 0.191 e. The zero-order valence-electron chi connectivity index (χ0n) is 16.0. The van der Waals surface area contributed by atoms with Crippen LogP contribution in [0.15, 0.2) is 58.0 Å². The van der Waals surface area contributed by atoms with Crippen molar-refractivity contribution in [2.75, 3.05) is 13.6 Å². The van der Waals surface area contributed by atoms with E-state index in [1.807, 2.05) is 6.07 Å². The van der Waals surface area contributed by atoms with Crippen LogP contribution in [0.3, 0.4) is 0 Å². The number of hydrogen-bond donors (Lipinski definition) is 2. The fourth-order valence-electron chi connectivity index (χ4n) is 2.80. The molecule has 0 aliphatic heterocycles. The third-order valence-corrected chi connectivity index (χ3v) is 4.34. The Hall–Kier alpha value is -2.09. The predicted octanol–water partition coefficient (Wildman–Crippen LogP) is 4.48. The van der Waals surface area contributed by atoms with Gasteiger partial charge >= 0.3 is 0 Å². The molecule has 0 aliphatic rings. The average Bonchev–Trinajstić information content (AvgIpc) is 3.14. The van der Waals surface area contributed by atoms with Gasteiger partial charge in [-0.05, 0) is 28.7 Å². The normalized spacial score (nSPS) is 11.5. The number of nitrogens with zero attached hydrogens (tertiary/aromatic N) is 2. The molecule has 6 heteroatoms. The fourth-order valence-corrected chi connectivity index (χ4v) is 2.80. The molecular formula is C21H27IN4O. The van der Waals surface area contributed by atoms with Gasteiger partial charge < -0.3 is 15.2 Å².